The van der Waals surface area contributed by atoms with E-state index in [0.717, 1.165) is 5.01 Å². The molecule has 0 atom stereocenters. The van der Waals surface area contributed by atoms with Crippen molar-refractivity contribution in [2.45, 2.75) is 6.92 Å². The third kappa shape index (κ3) is 2.29. The van der Waals surface area contributed by atoms with Crippen molar-refractivity contribution in [3.8, 4) is 0 Å². The molecule has 6 heteroatoms. The number of halogens is 1. The molecule has 5 nitrogen and oxygen atoms in total. The maximum absolute atomic E-state index is 13.3. The molecule has 0 radical (unpaired) electrons. The number of carboxylic acids is 1. The first-order chi connectivity index (χ1) is 7.45. The van der Waals surface area contributed by atoms with Gasteiger partial charge < -0.3 is 10.8 Å². The summed E-state index contributed by atoms with van der Waals surface area (Å²) < 4.78 is 13.3. The molecule has 0 aliphatic carbocycles. The number of para-hydroxylation sites is 1. The fourth-order valence-electron chi connectivity index (χ4n) is 1.11. The zero-order valence-electron chi connectivity index (χ0n) is 8.64. The summed E-state index contributed by atoms with van der Waals surface area (Å²) in [7, 11) is 0. The largest absolute Gasteiger partial charge is 0.477 e. The first kappa shape index (κ1) is 12.0. The van der Waals surface area contributed by atoms with Crippen molar-refractivity contribution in [3.63, 3.8) is 0 Å². The normalized spacial score (nSPS) is 11.9. The smallest absolute Gasteiger partial charge is 0.353 e. The Labute approximate surface area is 91.7 Å². The van der Waals surface area contributed by atoms with Gasteiger partial charge in [0.05, 0.1) is 11.4 Å². The number of carbonyl (C=O) groups is 1. The van der Waals surface area contributed by atoms with Crippen molar-refractivity contribution >= 4 is 11.7 Å². The molecular formula is C10H12FN3O2. The number of aliphatic carboxylic acids is 1. The molecule has 1 aromatic carbocycles. The molecule has 0 fully saturated rings. The molecule has 16 heavy (non-hydrogen) atoms. The fourth-order valence-corrected chi connectivity index (χ4v) is 1.11. The van der Waals surface area contributed by atoms with Gasteiger partial charge in [-0.2, -0.15) is 0 Å². The Morgan fingerprint density at radius 3 is 2.50 bits per heavy atom. The lowest BCUT2D eigenvalue weighted by Crippen LogP contribution is -2.33. The molecule has 0 aliphatic rings. The molecule has 0 saturated carbocycles. The summed E-state index contributed by atoms with van der Waals surface area (Å²) >= 11 is 0. The Hall–Kier alpha value is -2.08. The number of nitrogens with zero attached hydrogens (tertiary/aromatic N) is 1. The number of hydrogen-bond acceptors (Lipinski definition) is 4. The Balaban J connectivity index is 3.13. The summed E-state index contributed by atoms with van der Waals surface area (Å²) in [6.07, 6.45) is 0. The quantitative estimate of drug-likeness (QED) is 0.401. The molecule has 0 bridgehead atoms. The van der Waals surface area contributed by atoms with E-state index in [2.05, 4.69) is 0 Å². The van der Waals surface area contributed by atoms with Crippen LogP contribution < -0.4 is 16.6 Å². The van der Waals surface area contributed by atoms with Gasteiger partial charge in [-0.25, -0.2) is 15.0 Å². The van der Waals surface area contributed by atoms with Crippen LogP contribution in [0, 0.1) is 5.82 Å². The minimum atomic E-state index is -1.30. The fraction of sp³-hybridized carbons (Fsp3) is 0.100. The van der Waals surface area contributed by atoms with Crippen LogP contribution in [-0.2, 0) is 4.79 Å². The monoisotopic (exact) mass is 225 g/mol. The standard InChI is InChI=1S/C10H12FN3O2/c1-6(9(12)10(15)16)14(13)8-5-3-2-4-7(8)11/h2-5H,12-13H2,1H3,(H,15,16)/b9-6-. The molecule has 1 aromatic rings. The highest BCUT2D eigenvalue weighted by Crippen LogP contribution is 2.19. The van der Waals surface area contributed by atoms with Crippen molar-refractivity contribution < 1.29 is 14.3 Å². The summed E-state index contributed by atoms with van der Waals surface area (Å²) in [5, 5.41) is 9.56. The van der Waals surface area contributed by atoms with Crippen LogP contribution in [0.5, 0.6) is 0 Å². The number of anilines is 1. The summed E-state index contributed by atoms with van der Waals surface area (Å²) in [4.78, 5) is 10.6. The van der Waals surface area contributed by atoms with Gasteiger partial charge in [-0.3, -0.25) is 5.01 Å². The number of carboxylic acid groups (broad SMARTS) is 1. The molecule has 0 aliphatic heterocycles. The highest BCUT2D eigenvalue weighted by molar-refractivity contribution is 5.87. The maximum Gasteiger partial charge on any atom is 0.353 e. The summed E-state index contributed by atoms with van der Waals surface area (Å²) in [5.74, 6) is 3.72. The van der Waals surface area contributed by atoms with Gasteiger partial charge in [0.2, 0.25) is 0 Å². The van der Waals surface area contributed by atoms with Crippen LogP contribution in [0.15, 0.2) is 35.7 Å². The predicted octanol–water partition coefficient (Wildman–Crippen LogP) is 0.781. The van der Waals surface area contributed by atoms with Crippen LogP contribution in [-0.4, -0.2) is 11.1 Å². The first-order valence-corrected chi connectivity index (χ1v) is 4.44. The zero-order valence-corrected chi connectivity index (χ0v) is 8.64. The second-order valence-corrected chi connectivity index (χ2v) is 3.13. The minimum Gasteiger partial charge on any atom is -0.477 e. The number of nitrogens with two attached hydrogens (primary N) is 2. The Bertz CT molecular complexity index is 445. The highest BCUT2D eigenvalue weighted by Gasteiger charge is 2.14. The van der Waals surface area contributed by atoms with E-state index in [9.17, 15) is 9.18 Å². The van der Waals surface area contributed by atoms with Gasteiger partial charge in [0, 0.05) is 0 Å². The molecule has 5 N–H and O–H groups in total. The number of allylic oxidation sites excluding steroid dienone is 1. The number of hydrogen-bond donors (Lipinski definition) is 3. The third-order valence-electron chi connectivity index (χ3n) is 2.09. The average molecular weight is 225 g/mol. The van der Waals surface area contributed by atoms with Crippen LogP contribution >= 0.6 is 0 Å². The van der Waals surface area contributed by atoms with E-state index >= 15 is 0 Å². The molecule has 0 unspecified atom stereocenters. The van der Waals surface area contributed by atoms with E-state index in [1.54, 1.807) is 6.07 Å². The molecule has 86 valence electrons. The summed E-state index contributed by atoms with van der Waals surface area (Å²) in [5.41, 5.74) is 4.99. The molecular weight excluding hydrogens is 213 g/mol. The lowest BCUT2D eigenvalue weighted by Gasteiger charge is -2.20. The molecule has 0 heterocycles. The molecule has 0 aromatic heterocycles. The Kier molecular flexibility index (Phi) is 3.47. The summed E-state index contributed by atoms with van der Waals surface area (Å²) in [6, 6.07) is 5.74. The van der Waals surface area contributed by atoms with Crippen molar-refractivity contribution in [2.75, 3.05) is 5.01 Å². The number of rotatable bonds is 3. The second kappa shape index (κ2) is 4.63. The molecule has 0 spiro atoms. The second-order valence-electron chi connectivity index (χ2n) is 3.13. The predicted molar refractivity (Wildman–Crippen MR) is 57.6 cm³/mol. The highest BCUT2D eigenvalue weighted by atomic mass is 19.1. The third-order valence-corrected chi connectivity index (χ3v) is 2.09. The van der Waals surface area contributed by atoms with Gasteiger partial charge in [0.1, 0.15) is 11.5 Å². The van der Waals surface area contributed by atoms with Crippen LogP contribution in [0.3, 0.4) is 0 Å². The van der Waals surface area contributed by atoms with E-state index in [0.29, 0.717) is 0 Å². The average Bonchev–Trinajstić information content (AvgIpc) is 2.26. The van der Waals surface area contributed by atoms with Crippen LogP contribution in [0.25, 0.3) is 0 Å². The van der Waals surface area contributed by atoms with E-state index in [1.807, 2.05) is 0 Å². The summed E-state index contributed by atoms with van der Waals surface area (Å²) in [6.45, 7) is 1.40. The Morgan fingerprint density at radius 1 is 1.44 bits per heavy atom. The topological polar surface area (TPSA) is 92.6 Å². The van der Waals surface area contributed by atoms with Gasteiger partial charge in [0.25, 0.3) is 0 Å². The number of benzene rings is 1. The van der Waals surface area contributed by atoms with Gasteiger partial charge in [0.15, 0.2) is 0 Å². The van der Waals surface area contributed by atoms with Crippen LogP contribution in [0.2, 0.25) is 0 Å². The van der Waals surface area contributed by atoms with Crippen molar-refractivity contribution in [2.24, 2.45) is 11.6 Å². The first-order valence-electron chi connectivity index (χ1n) is 4.44. The molecule has 0 amide bonds. The van der Waals surface area contributed by atoms with Gasteiger partial charge >= 0.3 is 5.97 Å². The Morgan fingerprint density at radius 2 is 2.00 bits per heavy atom. The van der Waals surface area contributed by atoms with Gasteiger partial charge in [-0.05, 0) is 19.1 Å². The van der Waals surface area contributed by atoms with Gasteiger partial charge in [-0.15, -0.1) is 0 Å². The van der Waals surface area contributed by atoms with E-state index in [-0.39, 0.29) is 11.4 Å². The van der Waals surface area contributed by atoms with E-state index in [1.165, 1.54) is 25.1 Å². The zero-order chi connectivity index (χ0) is 12.3. The maximum atomic E-state index is 13.3. The lowest BCUT2D eigenvalue weighted by molar-refractivity contribution is -0.132. The van der Waals surface area contributed by atoms with Crippen LogP contribution in [0.4, 0.5) is 10.1 Å². The number of hydrazine groups is 1. The van der Waals surface area contributed by atoms with Crippen molar-refractivity contribution in [1.82, 2.24) is 0 Å². The van der Waals surface area contributed by atoms with Crippen molar-refractivity contribution in [1.29, 1.82) is 0 Å². The SMILES string of the molecule is C/C(=C(/N)C(=O)O)N(N)c1ccccc1F. The molecule has 1 rings (SSSR count). The van der Waals surface area contributed by atoms with Gasteiger partial charge in [-0.1, -0.05) is 12.1 Å². The van der Waals surface area contributed by atoms with Crippen molar-refractivity contribution in [3.05, 3.63) is 41.5 Å². The molecule has 0 saturated heterocycles. The van der Waals surface area contributed by atoms with E-state index in [4.69, 9.17) is 16.7 Å². The minimum absolute atomic E-state index is 0.0594. The van der Waals surface area contributed by atoms with E-state index < -0.39 is 17.5 Å². The van der Waals surface area contributed by atoms with Crippen LogP contribution in [0.1, 0.15) is 6.92 Å². The lowest BCUT2D eigenvalue weighted by atomic mass is 10.2.